The Hall–Kier alpha value is -1.48. The smallest absolute Gasteiger partial charge is 0.335 e. The first-order chi connectivity index (χ1) is 12.0. The Kier molecular flexibility index (Phi) is 5.73. The minimum absolute atomic E-state index is 0.0886. The largest absolute Gasteiger partial charge is 0.478 e. The topological polar surface area (TPSA) is 81.2 Å². The number of hydrogen-bond donors (Lipinski definition) is 1. The molecule has 25 heavy (non-hydrogen) atoms. The van der Waals surface area contributed by atoms with Gasteiger partial charge in [-0.3, -0.25) is 4.90 Å². The van der Waals surface area contributed by atoms with Gasteiger partial charge >= 0.3 is 5.97 Å². The van der Waals surface area contributed by atoms with E-state index in [-0.39, 0.29) is 10.5 Å². The number of piperazine rings is 1. The molecular weight excluding hydrogens is 342 g/mol. The van der Waals surface area contributed by atoms with Gasteiger partial charge in [0, 0.05) is 39.3 Å². The first-order valence-corrected chi connectivity index (χ1v) is 10.2. The van der Waals surface area contributed by atoms with E-state index in [2.05, 4.69) is 9.80 Å². The number of nitrogens with zero attached hydrogens (tertiary/aromatic N) is 3. The van der Waals surface area contributed by atoms with Gasteiger partial charge in [-0.25, -0.2) is 13.2 Å². The molecule has 1 aromatic carbocycles. The molecule has 2 aliphatic heterocycles. The van der Waals surface area contributed by atoms with Gasteiger partial charge in [-0.05, 0) is 50.2 Å². The highest BCUT2D eigenvalue weighted by Gasteiger charge is 2.28. The standard InChI is InChI=1S/C17H25N3O4S/c21-17(22)15-3-5-16(6-4-15)25(23,24)20-13-11-19(12-14-20)10-9-18-7-1-2-8-18/h3-6H,1-2,7-14H2,(H,21,22). The van der Waals surface area contributed by atoms with E-state index in [1.807, 2.05) is 0 Å². The molecule has 7 nitrogen and oxygen atoms in total. The van der Waals surface area contributed by atoms with Crippen LogP contribution < -0.4 is 0 Å². The molecule has 2 saturated heterocycles. The van der Waals surface area contributed by atoms with Gasteiger partial charge in [-0.1, -0.05) is 0 Å². The number of rotatable bonds is 6. The molecule has 0 unspecified atom stereocenters. The highest BCUT2D eigenvalue weighted by molar-refractivity contribution is 7.89. The summed E-state index contributed by atoms with van der Waals surface area (Å²) in [7, 11) is -3.56. The maximum atomic E-state index is 12.7. The second kappa shape index (κ2) is 7.82. The lowest BCUT2D eigenvalue weighted by Crippen LogP contribution is -2.50. The maximum Gasteiger partial charge on any atom is 0.335 e. The van der Waals surface area contributed by atoms with E-state index in [0.29, 0.717) is 13.1 Å². The van der Waals surface area contributed by atoms with Crippen LogP contribution in [0.2, 0.25) is 0 Å². The maximum absolute atomic E-state index is 12.7. The van der Waals surface area contributed by atoms with E-state index in [9.17, 15) is 13.2 Å². The molecule has 0 spiro atoms. The fraction of sp³-hybridized carbons (Fsp3) is 0.588. The summed E-state index contributed by atoms with van der Waals surface area (Å²) in [5.74, 6) is -1.06. The zero-order valence-electron chi connectivity index (χ0n) is 14.3. The van der Waals surface area contributed by atoms with Crippen molar-refractivity contribution in [3.8, 4) is 0 Å². The number of hydrogen-bond acceptors (Lipinski definition) is 5. The van der Waals surface area contributed by atoms with E-state index in [4.69, 9.17) is 5.11 Å². The summed E-state index contributed by atoms with van der Waals surface area (Å²) in [5.41, 5.74) is 0.0886. The first kappa shape index (κ1) is 18.3. The predicted molar refractivity (Wildman–Crippen MR) is 94.3 cm³/mol. The Labute approximate surface area is 148 Å². The minimum atomic E-state index is -3.56. The third-order valence-corrected chi connectivity index (χ3v) is 6.91. The molecule has 0 saturated carbocycles. The summed E-state index contributed by atoms with van der Waals surface area (Å²) in [6.45, 7) is 6.83. The summed E-state index contributed by atoms with van der Waals surface area (Å²) in [6, 6.07) is 5.42. The van der Waals surface area contributed by atoms with Crippen molar-refractivity contribution < 1.29 is 18.3 Å². The molecule has 0 bridgehead atoms. The van der Waals surface area contributed by atoms with Crippen LogP contribution in [0.3, 0.4) is 0 Å². The molecule has 0 radical (unpaired) electrons. The van der Waals surface area contributed by atoms with Crippen molar-refractivity contribution >= 4 is 16.0 Å². The second-order valence-corrected chi connectivity index (χ2v) is 8.56. The first-order valence-electron chi connectivity index (χ1n) is 8.75. The number of carbonyl (C=O) groups is 1. The molecule has 0 atom stereocenters. The van der Waals surface area contributed by atoms with E-state index < -0.39 is 16.0 Å². The number of aromatic carboxylic acids is 1. The second-order valence-electron chi connectivity index (χ2n) is 6.62. The Morgan fingerprint density at radius 2 is 1.40 bits per heavy atom. The summed E-state index contributed by atoms with van der Waals surface area (Å²) < 4.78 is 26.9. The number of carboxylic acids is 1. The van der Waals surface area contributed by atoms with Crippen molar-refractivity contribution in [2.24, 2.45) is 0 Å². The molecule has 0 aliphatic carbocycles. The Morgan fingerprint density at radius 1 is 0.880 bits per heavy atom. The van der Waals surface area contributed by atoms with Crippen LogP contribution >= 0.6 is 0 Å². The molecule has 2 heterocycles. The van der Waals surface area contributed by atoms with E-state index in [0.717, 1.165) is 26.2 Å². The molecule has 8 heteroatoms. The van der Waals surface area contributed by atoms with Gasteiger partial charge in [0.15, 0.2) is 0 Å². The molecule has 0 amide bonds. The number of likely N-dealkylation sites (tertiary alicyclic amines) is 1. The van der Waals surface area contributed by atoms with Gasteiger partial charge in [0.25, 0.3) is 0 Å². The lowest BCUT2D eigenvalue weighted by Gasteiger charge is -2.34. The van der Waals surface area contributed by atoms with Gasteiger partial charge in [-0.15, -0.1) is 0 Å². The lowest BCUT2D eigenvalue weighted by atomic mass is 10.2. The van der Waals surface area contributed by atoms with Crippen molar-refractivity contribution in [2.45, 2.75) is 17.7 Å². The van der Waals surface area contributed by atoms with Crippen LogP contribution in [0.1, 0.15) is 23.2 Å². The van der Waals surface area contributed by atoms with Crippen LogP contribution in [-0.2, 0) is 10.0 Å². The van der Waals surface area contributed by atoms with Gasteiger partial charge < -0.3 is 10.0 Å². The van der Waals surface area contributed by atoms with Gasteiger partial charge in [0.2, 0.25) is 10.0 Å². The molecular formula is C17H25N3O4S. The van der Waals surface area contributed by atoms with Crippen molar-refractivity contribution in [1.82, 2.24) is 14.1 Å². The quantitative estimate of drug-likeness (QED) is 0.801. The normalized spacial score (nSPS) is 20.8. The molecule has 138 valence electrons. The van der Waals surface area contributed by atoms with Crippen molar-refractivity contribution in [3.05, 3.63) is 29.8 Å². The van der Waals surface area contributed by atoms with Crippen LogP contribution in [0.25, 0.3) is 0 Å². The third kappa shape index (κ3) is 4.38. The van der Waals surface area contributed by atoms with Crippen molar-refractivity contribution in [1.29, 1.82) is 0 Å². The van der Waals surface area contributed by atoms with Crippen LogP contribution in [0.15, 0.2) is 29.2 Å². The summed E-state index contributed by atoms with van der Waals surface area (Å²) in [6.07, 6.45) is 2.57. The molecule has 3 rings (SSSR count). The number of sulfonamides is 1. The fourth-order valence-electron chi connectivity index (χ4n) is 3.40. The van der Waals surface area contributed by atoms with Crippen LogP contribution in [0.4, 0.5) is 0 Å². The van der Waals surface area contributed by atoms with Crippen molar-refractivity contribution in [2.75, 3.05) is 52.4 Å². The van der Waals surface area contributed by atoms with E-state index >= 15 is 0 Å². The Morgan fingerprint density at radius 3 is 1.92 bits per heavy atom. The molecule has 2 fully saturated rings. The number of carboxylic acid groups (broad SMARTS) is 1. The van der Waals surface area contributed by atoms with Crippen LogP contribution in [-0.4, -0.2) is 86.0 Å². The molecule has 1 aromatic rings. The Balaban J connectivity index is 1.54. The zero-order valence-corrected chi connectivity index (χ0v) is 15.1. The number of benzene rings is 1. The highest BCUT2D eigenvalue weighted by Crippen LogP contribution is 2.18. The monoisotopic (exact) mass is 367 g/mol. The van der Waals surface area contributed by atoms with E-state index in [1.54, 1.807) is 0 Å². The summed E-state index contributed by atoms with van der Waals surface area (Å²) in [4.78, 5) is 15.8. The van der Waals surface area contributed by atoms with E-state index in [1.165, 1.54) is 54.5 Å². The zero-order chi connectivity index (χ0) is 17.9. The third-order valence-electron chi connectivity index (χ3n) is 5.00. The average molecular weight is 367 g/mol. The SMILES string of the molecule is O=C(O)c1ccc(S(=O)(=O)N2CCN(CCN3CCCC3)CC2)cc1. The lowest BCUT2D eigenvalue weighted by molar-refractivity contribution is 0.0696. The van der Waals surface area contributed by atoms with Crippen molar-refractivity contribution in [3.63, 3.8) is 0 Å². The highest BCUT2D eigenvalue weighted by atomic mass is 32.2. The summed E-state index contributed by atoms with van der Waals surface area (Å²) >= 11 is 0. The summed E-state index contributed by atoms with van der Waals surface area (Å²) in [5, 5.41) is 8.92. The fourth-order valence-corrected chi connectivity index (χ4v) is 4.82. The van der Waals surface area contributed by atoms with Gasteiger partial charge in [0.1, 0.15) is 0 Å². The van der Waals surface area contributed by atoms with Gasteiger partial charge in [-0.2, -0.15) is 4.31 Å². The Bertz CT molecular complexity index is 691. The molecule has 2 aliphatic rings. The minimum Gasteiger partial charge on any atom is -0.478 e. The van der Waals surface area contributed by atoms with Gasteiger partial charge in [0.05, 0.1) is 10.5 Å². The average Bonchev–Trinajstić information content (AvgIpc) is 3.14. The predicted octanol–water partition coefficient (Wildman–Crippen LogP) is 0.787. The molecule has 1 N–H and O–H groups in total. The van der Waals surface area contributed by atoms with Crippen LogP contribution in [0, 0.1) is 0 Å². The molecule has 0 aromatic heterocycles. The van der Waals surface area contributed by atoms with Crippen LogP contribution in [0.5, 0.6) is 0 Å².